The molecule has 1 atom stereocenters. The molecule has 5 radical (unpaired) electrons. The number of rotatable bonds is 5. The molecule has 0 fully saturated rings. The SMILES string of the molecule is C/C=C\C.[B]C([B])([B]C)C1CCOc2c(CCC(=O)O)cccc21. The summed E-state index contributed by atoms with van der Waals surface area (Å²) in [5.41, 5.74) is 1.88. The number of aliphatic carboxylic acids is 1. The fourth-order valence-corrected chi connectivity index (χ4v) is 2.65. The molecule has 1 aliphatic rings. The van der Waals surface area contributed by atoms with Gasteiger partial charge in [-0.25, -0.2) is 0 Å². The van der Waals surface area contributed by atoms with Crippen LogP contribution in [0.25, 0.3) is 0 Å². The van der Waals surface area contributed by atoms with E-state index in [9.17, 15) is 4.79 Å². The summed E-state index contributed by atoms with van der Waals surface area (Å²) in [4.78, 5) is 10.7. The number of carboxylic acids is 1. The molecule has 24 heavy (non-hydrogen) atoms. The minimum absolute atomic E-state index is 0.0129. The largest absolute Gasteiger partial charge is 0.493 e. The van der Waals surface area contributed by atoms with Crippen molar-refractivity contribution < 1.29 is 14.6 Å². The highest BCUT2D eigenvalue weighted by Crippen LogP contribution is 2.46. The Morgan fingerprint density at radius 1 is 1.42 bits per heavy atom. The van der Waals surface area contributed by atoms with Crippen molar-refractivity contribution in [3.05, 3.63) is 41.5 Å². The lowest BCUT2D eigenvalue weighted by Gasteiger charge is -2.39. The summed E-state index contributed by atoms with van der Waals surface area (Å²) in [6.07, 6.45) is 5.29. The van der Waals surface area contributed by atoms with Gasteiger partial charge in [0.2, 0.25) is 0 Å². The Labute approximate surface area is 148 Å². The Morgan fingerprint density at radius 3 is 2.62 bits per heavy atom. The zero-order valence-electron chi connectivity index (χ0n) is 14.8. The summed E-state index contributed by atoms with van der Waals surface area (Å²) >= 11 is 0. The summed E-state index contributed by atoms with van der Waals surface area (Å²) in [5.74, 6) is -0.0722. The molecule has 2 rings (SSSR count). The molecule has 1 aliphatic heterocycles. The summed E-state index contributed by atoms with van der Waals surface area (Å²) < 4.78 is 5.74. The maximum atomic E-state index is 10.7. The third-order valence-electron chi connectivity index (χ3n) is 4.20. The van der Waals surface area contributed by atoms with Gasteiger partial charge in [0.15, 0.2) is 0 Å². The van der Waals surface area contributed by atoms with Crippen molar-refractivity contribution in [2.24, 2.45) is 0 Å². The summed E-state index contributed by atoms with van der Waals surface area (Å²) in [6.45, 7) is 6.40. The van der Waals surface area contributed by atoms with Gasteiger partial charge in [-0.05, 0) is 43.7 Å². The van der Waals surface area contributed by atoms with Crippen LogP contribution in [0.1, 0.15) is 43.7 Å². The predicted molar refractivity (Wildman–Crippen MR) is 102 cm³/mol. The molecule has 0 saturated carbocycles. The van der Waals surface area contributed by atoms with E-state index < -0.39 is 11.1 Å². The van der Waals surface area contributed by atoms with E-state index in [0.717, 1.165) is 23.3 Å². The molecule has 0 spiro atoms. The molecule has 1 heterocycles. The van der Waals surface area contributed by atoms with Crippen molar-refractivity contribution in [2.45, 2.75) is 51.0 Å². The molecule has 1 aromatic rings. The third kappa shape index (κ3) is 5.50. The van der Waals surface area contributed by atoms with E-state index in [0.29, 0.717) is 13.0 Å². The van der Waals surface area contributed by atoms with Crippen LogP contribution in [0.2, 0.25) is 11.9 Å². The first-order chi connectivity index (χ1) is 11.4. The second-order valence-corrected chi connectivity index (χ2v) is 5.87. The average Bonchev–Trinajstić information content (AvgIpc) is 2.59. The number of aryl methyl sites for hydroxylation is 1. The molecule has 123 valence electrons. The minimum atomic E-state index is -0.885. The zero-order valence-corrected chi connectivity index (χ0v) is 14.8. The fraction of sp³-hybridized carbons (Fsp3) is 0.500. The number of carbonyl (C=O) groups is 1. The molecule has 0 bridgehead atoms. The smallest absolute Gasteiger partial charge is 0.303 e. The maximum absolute atomic E-state index is 10.7. The molecule has 3 nitrogen and oxygen atoms in total. The molecular formula is C18H24B3O3. The number of carboxylic acid groups (broad SMARTS) is 1. The predicted octanol–water partition coefficient (Wildman–Crippen LogP) is 3.32. The second-order valence-electron chi connectivity index (χ2n) is 5.87. The van der Waals surface area contributed by atoms with Crippen molar-refractivity contribution in [2.75, 3.05) is 6.61 Å². The lowest BCUT2D eigenvalue weighted by Crippen LogP contribution is -2.31. The molecule has 6 heteroatoms. The number of ether oxygens (including phenoxy) is 1. The standard InChI is InChI=1S/C14H16B3O3.C4H8/c1-17-14(15,16)11-7-8-20-13-9(5-6-12(18)19)3-2-4-10(11)13;1-3-4-2/h2-4,11H,5-8H2,1H3,(H,18,19);3-4H,1-2H3/b;4-3-. The summed E-state index contributed by atoms with van der Waals surface area (Å²) in [6, 6.07) is 5.76. The van der Waals surface area contributed by atoms with Gasteiger partial charge < -0.3 is 9.84 Å². The van der Waals surface area contributed by atoms with Crippen LogP contribution in [0.4, 0.5) is 0 Å². The Balaban J connectivity index is 0.000000648. The topological polar surface area (TPSA) is 46.5 Å². The summed E-state index contributed by atoms with van der Waals surface area (Å²) in [7, 11) is 14.1. The Hall–Kier alpha value is -1.58. The normalized spacial score (nSPS) is 16.5. The third-order valence-corrected chi connectivity index (χ3v) is 4.20. The minimum Gasteiger partial charge on any atom is -0.493 e. The molecule has 1 unspecified atom stereocenters. The number of para-hydroxylation sites is 1. The van der Waals surface area contributed by atoms with E-state index in [1.807, 2.05) is 51.0 Å². The molecule has 1 N–H and O–H groups in total. The highest BCUT2D eigenvalue weighted by molar-refractivity contribution is 6.67. The van der Waals surface area contributed by atoms with E-state index >= 15 is 0 Å². The Bertz CT molecular complexity index is 567. The van der Waals surface area contributed by atoms with Gasteiger partial charge in [-0.3, -0.25) is 4.79 Å². The van der Waals surface area contributed by atoms with Crippen molar-refractivity contribution in [3.8, 4) is 5.75 Å². The van der Waals surface area contributed by atoms with Crippen LogP contribution in [0.3, 0.4) is 0 Å². The van der Waals surface area contributed by atoms with Crippen molar-refractivity contribution in [3.63, 3.8) is 0 Å². The van der Waals surface area contributed by atoms with Crippen LogP contribution >= 0.6 is 0 Å². The highest BCUT2D eigenvalue weighted by atomic mass is 16.5. The van der Waals surface area contributed by atoms with Crippen LogP contribution in [0.15, 0.2) is 30.4 Å². The van der Waals surface area contributed by atoms with Crippen molar-refractivity contribution in [1.82, 2.24) is 0 Å². The van der Waals surface area contributed by atoms with Gasteiger partial charge in [-0.1, -0.05) is 37.2 Å². The van der Waals surface area contributed by atoms with Crippen molar-refractivity contribution >= 4 is 28.9 Å². The number of benzene rings is 1. The number of hydrogen-bond acceptors (Lipinski definition) is 2. The molecule has 0 saturated heterocycles. The van der Waals surface area contributed by atoms with Gasteiger partial charge in [0.25, 0.3) is 0 Å². The highest BCUT2D eigenvalue weighted by Gasteiger charge is 2.33. The number of fused-ring (bicyclic) bond motifs is 1. The van der Waals surface area contributed by atoms with Gasteiger partial charge in [0, 0.05) is 6.42 Å². The molecule has 0 aliphatic carbocycles. The van der Waals surface area contributed by atoms with Crippen LogP contribution in [-0.4, -0.2) is 40.7 Å². The Morgan fingerprint density at radius 2 is 2.08 bits per heavy atom. The van der Waals surface area contributed by atoms with Gasteiger partial charge >= 0.3 is 5.97 Å². The van der Waals surface area contributed by atoms with Crippen LogP contribution < -0.4 is 4.74 Å². The second kappa shape index (κ2) is 9.66. The van der Waals surface area contributed by atoms with Gasteiger partial charge in [-0.15, -0.1) is 5.11 Å². The van der Waals surface area contributed by atoms with Crippen LogP contribution in [0.5, 0.6) is 5.75 Å². The van der Waals surface area contributed by atoms with Crippen LogP contribution in [-0.2, 0) is 11.2 Å². The fourth-order valence-electron chi connectivity index (χ4n) is 2.65. The lowest BCUT2D eigenvalue weighted by molar-refractivity contribution is -0.136. The quantitative estimate of drug-likeness (QED) is 0.668. The van der Waals surface area contributed by atoms with Gasteiger partial charge in [0.05, 0.1) is 29.6 Å². The van der Waals surface area contributed by atoms with E-state index in [1.165, 1.54) is 0 Å². The molecular weight excluding hydrogens is 297 g/mol. The van der Waals surface area contributed by atoms with Gasteiger partial charge in [0.1, 0.15) is 5.75 Å². The van der Waals surface area contributed by atoms with Crippen molar-refractivity contribution in [1.29, 1.82) is 0 Å². The number of allylic oxidation sites excluding steroid dienone is 2. The first kappa shape index (κ1) is 20.5. The van der Waals surface area contributed by atoms with Crippen LogP contribution in [0, 0.1) is 0 Å². The first-order valence-corrected chi connectivity index (χ1v) is 8.29. The van der Waals surface area contributed by atoms with E-state index in [-0.39, 0.29) is 12.3 Å². The maximum Gasteiger partial charge on any atom is 0.303 e. The molecule has 1 aromatic carbocycles. The first-order valence-electron chi connectivity index (χ1n) is 8.29. The summed E-state index contributed by atoms with van der Waals surface area (Å²) in [5, 5.41) is 7.93. The Kier molecular flexibility index (Phi) is 8.24. The van der Waals surface area contributed by atoms with E-state index in [2.05, 4.69) is 0 Å². The monoisotopic (exact) mass is 321 g/mol. The molecule has 0 aromatic heterocycles. The van der Waals surface area contributed by atoms with E-state index in [4.69, 9.17) is 25.5 Å². The average molecular weight is 321 g/mol. The zero-order chi connectivity index (χ0) is 18.2. The molecule has 0 amide bonds. The lowest BCUT2D eigenvalue weighted by atomic mass is 9.29. The van der Waals surface area contributed by atoms with Gasteiger partial charge in [-0.2, -0.15) is 0 Å². The number of hydrogen-bond donors (Lipinski definition) is 1. The van der Waals surface area contributed by atoms with E-state index in [1.54, 1.807) is 7.28 Å².